The van der Waals surface area contributed by atoms with Gasteiger partial charge in [0, 0.05) is 6.07 Å². The van der Waals surface area contributed by atoms with E-state index in [4.69, 9.17) is 0 Å². The highest BCUT2D eigenvalue weighted by molar-refractivity contribution is 7.16. The fraction of sp³-hybridized carbons (Fsp3) is 0.111. The lowest BCUT2D eigenvalue weighted by atomic mass is 10.3. The molecule has 2 aromatic heterocycles. The maximum atomic E-state index is 9.35. The number of imidazole rings is 1. The molecule has 0 unspecified atom stereocenters. The summed E-state index contributed by atoms with van der Waals surface area (Å²) in [4.78, 5) is 5.25. The van der Waals surface area contributed by atoms with Crippen molar-refractivity contribution in [1.82, 2.24) is 14.6 Å². The number of phenols is 1. The van der Waals surface area contributed by atoms with Crippen LogP contribution in [-0.2, 0) is 0 Å². The number of fused-ring (bicyclic) bond motifs is 3. The highest BCUT2D eigenvalue weighted by Crippen LogP contribution is 2.23. The van der Waals surface area contributed by atoms with E-state index < -0.39 is 0 Å². The summed E-state index contributed by atoms with van der Waals surface area (Å²) in [6, 6.07) is 5.10. The molecule has 3 aromatic rings. The third-order valence-corrected chi connectivity index (χ3v) is 2.89. The Hall–Kier alpha value is -1.62. The number of hydrogen-bond acceptors (Lipinski definition) is 4. The number of aryl methyl sites for hydroxylation is 1. The van der Waals surface area contributed by atoms with E-state index in [0.29, 0.717) is 0 Å². The molecule has 3 rings (SSSR count). The maximum absolute atomic E-state index is 9.35. The smallest absolute Gasteiger partial charge is 0.213 e. The summed E-state index contributed by atoms with van der Waals surface area (Å²) in [6.45, 7) is 1.94. The van der Waals surface area contributed by atoms with Crippen molar-refractivity contribution in [2.75, 3.05) is 0 Å². The first-order chi connectivity index (χ1) is 6.74. The minimum absolute atomic E-state index is 0.241. The normalized spacial score (nSPS) is 11.5. The standard InChI is InChI=1S/C9H7N3OS/c1-5-11-12-8-4-6(13)2-3-7(8)10-9(12)14-5/h2-4,13H,1H3. The first kappa shape index (κ1) is 7.75. The van der Waals surface area contributed by atoms with Crippen LogP contribution in [0.1, 0.15) is 5.01 Å². The van der Waals surface area contributed by atoms with Gasteiger partial charge in [-0.25, -0.2) is 9.50 Å². The number of nitrogens with zero attached hydrogens (tertiary/aromatic N) is 3. The van der Waals surface area contributed by atoms with Gasteiger partial charge < -0.3 is 5.11 Å². The number of aromatic hydroxyl groups is 1. The van der Waals surface area contributed by atoms with Crippen LogP contribution in [-0.4, -0.2) is 19.7 Å². The van der Waals surface area contributed by atoms with E-state index in [1.807, 2.05) is 6.92 Å². The predicted octanol–water partition coefficient (Wildman–Crippen LogP) is 1.96. The van der Waals surface area contributed by atoms with E-state index in [1.165, 1.54) is 0 Å². The molecule has 0 aliphatic heterocycles. The quantitative estimate of drug-likeness (QED) is 0.610. The molecular weight excluding hydrogens is 198 g/mol. The first-order valence-electron chi connectivity index (χ1n) is 4.19. The Balaban J connectivity index is 2.55. The van der Waals surface area contributed by atoms with Gasteiger partial charge in [0.25, 0.3) is 0 Å². The van der Waals surface area contributed by atoms with Gasteiger partial charge in [-0.15, -0.1) is 0 Å². The third kappa shape index (κ3) is 0.927. The van der Waals surface area contributed by atoms with Crippen LogP contribution in [0.3, 0.4) is 0 Å². The average Bonchev–Trinajstić information content (AvgIpc) is 2.62. The Morgan fingerprint density at radius 2 is 2.29 bits per heavy atom. The number of aromatic nitrogens is 3. The molecule has 0 fully saturated rings. The van der Waals surface area contributed by atoms with E-state index in [1.54, 1.807) is 34.1 Å². The fourth-order valence-electron chi connectivity index (χ4n) is 1.49. The van der Waals surface area contributed by atoms with Crippen molar-refractivity contribution in [2.45, 2.75) is 6.92 Å². The summed E-state index contributed by atoms with van der Waals surface area (Å²) in [6.07, 6.45) is 0. The number of hydrogen-bond donors (Lipinski definition) is 1. The molecule has 2 heterocycles. The van der Waals surface area contributed by atoms with Crippen LogP contribution in [0.4, 0.5) is 0 Å². The Bertz CT molecular complexity index is 625. The highest BCUT2D eigenvalue weighted by Gasteiger charge is 2.08. The molecule has 0 saturated heterocycles. The monoisotopic (exact) mass is 205 g/mol. The largest absolute Gasteiger partial charge is 0.508 e. The highest BCUT2D eigenvalue weighted by atomic mass is 32.1. The zero-order chi connectivity index (χ0) is 9.71. The van der Waals surface area contributed by atoms with Crippen molar-refractivity contribution in [3.05, 3.63) is 23.2 Å². The number of phenolic OH excluding ortho intramolecular Hbond substituents is 1. The van der Waals surface area contributed by atoms with Crippen molar-refractivity contribution < 1.29 is 5.11 Å². The van der Waals surface area contributed by atoms with E-state index in [-0.39, 0.29) is 5.75 Å². The van der Waals surface area contributed by atoms with Crippen molar-refractivity contribution in [3.8, 4) is 5.75 Å². The number of rotatable bonds is 0. The van der Waals surface area contributed by atoms with Gasteiger partial charge in [-0.05, 0) is 19.1 Å². The molecule has 5 heteroatoms. The van der Waals surface area contributed by atoms with Gasteiger partial charge >= 0.3 is 0 Å². The molecule has 0 saturated carbocycles. The van der Waals surface area contributed by atoms with Crippen LogP contribution in [0.15, 0.2) is 18.2 Å². The molecule has 0 aliphatic rings. The zero-order valence-corrected chi connectivity index (χ0v) is 8.25. The van der Waals surface area contributed by atoms with Crippen LogP contribution in [0.5, 0.6) is 5.75 Å². The molecule has 4 nitrogen and oxygen atoms in total. The summed E-state index contributed by atoms with van der Waals surface area (Å²) in [5.74, 6) is 0.241. The summed E-state index contributed by atoms with van der Waals surface area (Å²) >= 11 is 1.54. The van der Waals surface area contributed by atoms with Crippen LogP contribution < -0.4 is 0 Å². The van der Waals surface area contributed by atoms with Crippen molar-refractivity contribution >= 4 is 27.3 Å². The van der Waals surface area contributed by atoms with Gasteiger partial charge in [-0.2, -0.15) is 5.10 Å². The summed E-state index contributed by atoms with van der Waals surface area (Å²) in [7, 11) is 0. The second-order valence-corrected chi connectivity index (χ2v) is 4.26. The summed E-state index contributed by atoms with van der Waals surface area (Å²) in [5, 5.41) is 14.6. The van der Waals surface area contributed by atoms with Gasteiger partial charge in [0.1, 0.15) is 10.8 Å². The van der Waals surface area contributed by atoms with E-state index in [0.717, 1.165) is 21.0 Å². The molecule has 14 heavy (non-hydrogen) atoms. The third-order valence-electron chi connectivity index (χ3n) is 2.06. The molecule has 0 radical (unpaired) electrons. The van der Waals surface area contributed by atoms with Gasteiger partial charge in [-0.1, -0.05) is 11.3 Å². The van der Waals surface area contributed by atoms with Crippen LogP contribution in [0.2, 0.25) is 0 Å². The topological polar surface area (TPSA) is 50.4 Å². The van der Waals surface area contributed by atoms with E-state index in [2.05, 4.69) is 10.1 Å². The maximum Gasteiger partial charge on any atom is 0.213 e. The van der Waals surface area contributed by atoms with Gasteiger partial charge in [0.15, 0.2) is 0 Å². The molecule has 70 valence electrons. The minimum Gasteiger partial charge on any atom is -0.508 e. The van der Waals surface area contributed by atoms with Crippen LogP contribution >= 0.6 is 11.3 Å². The Morgan fingerprint density at radius 1 is 1.43 bits per heavy atom. The van der Waals surface area contributed by atoms with E-state index in [9.17, 15) is 5.11 Å². The van der Waals surface area contributed by atoms with Crippen LogP contribution in [0.25, 0.3) is 16.0 Å². The predicted molar refractivity (Wildman–Crippen MR) is 54.8 cm³/mol. The second-order valence-electron chi connectivity index (χ2n) is 3.10. The summed E-state index contributed by atoms with van der Waals surface area (Å²) < 4.78 is 1.76. The first-order valence-corrected chi connectivity index (χ1v) is 5.00. The molecule has 0 atom stereocenters. The molecule has 0 bridgehead atoms. The van der Waals surface area contributed by atoms with E-state index >= 15 is 0 Å². The van der Waals surface area contributed by atoms with Crippen molar-refractivity contribution in [3.63, 3.8) is 0 Å². The molecule has 1 aromatic carbocycles. The molecular formula is C9H7N3OS. The minimum atomic E-state index is 0.241. The molecule has 0 aliphatic carbocycles. The second kappa shape index (κ2) is 2.45. The number of benzene rings is 1. The van der Waals surface area contributed by atoms with Crippen molar-refractivity contribution in [2.24, 2.45) is 0 Å². The average molecular weight is 205 g/mol. The van der Waals surface area contributed by atoms with Gasteiger partial charge in [0.2, 0.25) is 4.96 Å². The Labute approximate surface area is 83.4 Å². The molecule has 1 N–H and O–H groups in total. The zero-order valence-electron chi connectivity index (χ0n) is 7.43. The molecule has 0 spiro atoms. The van der Waals surface area contributed by atoms with Crippen molar-refractivity contribution in [1.29, 1.82) is 0 Å². The van der Waals surface area contributed by atoms with Crippen LogP contribution in [0, 0.1) is 6.92 Å². The summed E-state index contributed by atoms with van der Waals surface area (Å²) in [5.41, 5.74) is 1.71. The lowest BCUT2D eigenvalue weighted by Crippen LogP contribution is -1.83. The fourth-order valence-corrected chi connectivity index (χ4v) is 2.24. The molecule has 0 amide bonds. The lowest BCUT2D eigenvalue weighted by molar-refractivity contribution is 0.476. The lowest BCUT2D eigenvalue weighted by Gasteiger charge is -1.90. The Morgan fingerprint density at radius 3 is 3.14 bits per heavy atom. The SMILES string of the molecule is Cc1nn2c(nc3ccc(O)cc32)s1. The van der Waals surface area contributed by atoms with Gasteiger partial charge in [-0.3, -0.25) is 0 Å². The Kier molecular flexibility index (Phi) is 1.36. The van der Waals surface area contributed by atoms with Gasteiger partial charge in [0.05, 0.1) is 11.0 Å².